The molecule has 0 spiro atoms. The van der Waals surface area contributed by atoms with Gasteiger partial charge in [0.2, 0.25) is 0 Å². The maximum Gasteiger partial charge on any atom is 0.335 e. The highest BCUT2D eigenvalue weighted by Crippen LogP contribution is 2.28. The molecule has 66 valence electrons. The first-order chi connectivity index (χ1) is 6.18. The minimum atomic E-state index is -0.924. The molecule has 1 aromatic heterocycles. The molecule has 0 fully saturated rings. The van der Waals surface area contributed by atoms with Crippen LogP contribution in [0, 0.1) is 0 Å². The third kappa shape index (κ3) is 1.25. The predicted octanol–water partition coefficient (Wildman–Crippen LogP) is 2.18. The summed E-state index contributed by atoms with van der Waals surface area (Å²) in [6, 6.07) is 4.96. The molecule has 3 N–H and O–H groups in total. The highest BCUT2D eigenvalue weighted by molar-refractivity contribution is 7.17. The molecule has 0 atom stereocenters. The molecule has 1 aromatic carbocycles. The van der Waals surface area contributed by atoms with Crippen LogP contribution in [0.4, 0.5) is 5.69 Å². The van der Waals surface area contributed by atoms with Gasteiger partial charge in [-0.3, -0.25) is 0 Å². The summed E-state index contributed by atoms with van der Waals surface area (Å²) >= 11 is 1.52. The minimum Gasteiger partial charge on any atom is -0.478 e. The van der Waals surface area contributed by atoms with E-state index in [0.29, 0.717) is 5.69 Å². The second-order valence-corrected chi connectivity index (χ2v) is 3.62. The molecule has 0 aliphatic carbocycles. The van der Waals surface area contributed by atoms with E-state index in [1.54, 1.807) is 18.2 Å². The van der Waals surface area contributed by atoms with E-state index in [9.17, 15) is 4.79 Å². The zero-order valence-electron chi connectivity index (χ0n) is 6.65. The topological polar surface area (TPSA) is 63.3 Å². The third-order valence-electron chi connectivity index (χ3n) is 1.85. The van der Waals surface area contributed by atoms with Crippen molar-refractivity contribution in [1.82, 2.24) is 0 Å². The number of nitrogen functional groups attached to an aromatic ring is 1. The fraction of sp³-hybridized carbons (Fsp3) is 0. The van der Waals surface area contributed by atoms with E-state index in [4.69, 9.17) is 10.8 Å². The molecule has 0 bridgehead atoms. The molecule has 0 amide bonds. The Bertz CT molecular complexity index is 475. The Morgan fingerprint density at radius 2 is 2.23 bits per heavy atom. The largest absolute Gasteiger partial charge is 0.478 e. The van der Waals surface area contributed by atoms with Crippen LogP contribution in [0.1, 0.15) is 10.4 Å². The van der Waals surface area contributed by atoms with Gasteiger partial charge < -0.3 is 10.8 Å². The van der Waals surface area contributed by atoms with Crippen LogP contribution < -0.4 is 5.73 Å². The second-order valence-electron chi connectivity index (χ2n) is 2.71. The first-order valence-corrected chi connectivity index (χ1v) is 4.56. The number of hydrogen-bond acceptors (Lipinski definition) is 3. The van der Waals surface area contributed by atoms with Crippen molar-refractivity contribution in [2.24, 2.45) is 0 Å². The number of carboxylic acids is 1. The van der Waals surface area contributed by atoms with E-state index in [-0.39, 0.29) is 5.56 Å². The van der Waals surface area contributed by atoms with Crippen molar-refractivity contribution in [2.75, 3.05) is 5.73 Å². The molecule has 0 radical (unpaired) electrons. The number of nitrogens with two attached hydrogens (primary N) is 1. The Labute approximate surface area is 78.4 Å². The summed E-state index contributed by atoms with van der Waals surface area (Å²) < 4.78 is 1.02. The highest BCUT2D eigenvalue weighted by Gasteiger charge is 2.06. The third-order valence-corrected chi connectivity index (χ3v) is 2.83. The lowest BCUT2D eigenvalue weighted by Crippen LogP contribution is -1.95. The molecule has 0 aliphatic heterocycles. The lowest BCUT2D eigenvalue weighted by molar-refractivity contribution is 0.0697. The van der Waals surface area contributed by atoms with Gasteiger partial charge in [0, 0.05) is 15.5 Å². The Kier molecular flexibility index (Phi) is 1.70. The summed E-state index contributed by atoms with van der Waals surface area (Å²) in [7, 11) is 0. The summed E-state index contributed by atoms with van der Waals surface area (Å²) in [5, 5.41) is 11.4. The molecule has 0 aliphatic rings. The van der Waals surface area contributed by atoms with Crippen molar-refractivity contribution >= 4 is 33.1 Å². The van der Waals surface area contributed by atoms with Gasteiger partial charge in [-0.05, 0) is 18.2 Å². The molecule has 2 aromatic rings. The van der Waals surface area contributed by atoms with Crippen LogP contribution in [0.2, 0.25) is 0 Å². The Morgan fingerprint density at radius 3 is 2.92 bits per heavy atom. The van der Waals surface area contributed by atoms with Crippen molar-refractivity contribution in [3.05, 3.63) is 29.1 Å². The average Bonchev–Trinajstić information content (AvgIpc) is 2.47. The number of hydrogen-bond donors (Lipinski definition) is 2. The maximum absolute atomic E-state index is 10.6. The van der Waals surface area contributed by atoms with Crippen LogP contribution >= 0.6 is 11.3 Å². The van der Waals surface area contributed by atoms with E-state index >= 15 is 0 Å². The first kappa shape index (κ1) is 8.07. The van der Waals surface area contributed by atoms with E-state index in [2.05, 4.69) is 0 Å². The number of benzene rings is 1. The van der Waals surface area contributed by atoms with Crippen molar-refractivity contribution in [3.8, 4) is 0 Å². The molecule has 0 saturated carbocycles. The zero-order valence-corrected chi connectivity index (χ0v) is 7.47. The van der Waals surface area contributed by atoms with Crippen LogP contribution in [0.3, 0.4) is 0 Å². The summed E-state index contributed by atoms with van der Waals surface area (Å²) in [5.41, 5.74) is 6.58. The molecule has 3 nitrogen and oxygen atoms in total. The van der Waals surface area contributed by atoms with Gasteiger partial charge in [-0.15, -0.1) is 11.3 Å². The smallest absolute Gasteiger partial charge is 0.335 e. The van der Waals surface area contributed by atoms with Gasteiger partial charge in [-0.2, -0.15) is 0 Å². The highest BCUT2D eigenvalue weighted by atomic mass is 32.1. The van der Waals surface area contributed by atoms with E-state index in [1.807, 2.05) is 5.38 Å². The van der Waals surface area contributed by atoms with Gasteiger partial charge in [-0.25, -0.2) is 4.79 Å². The number of carboxylic acid groups (broad SMARTS) is 1. The van der Waals surface area contributed by atoms with Gasteiger partial charge in [0.05, 0.1) is 11.3 Å². The van der Waals surface area contributed by atoms with Gasteiger partial charge in [0.1, 0.15) is 0 Å². The van der Waals surface area contributed by atoms with E-state index in [1.165, 1.54) is 11.3 Å². The number of aromatic carboxylic acids is 1. The van der Waals surface area contributed by atoms with Crippen molar-refractivity contribution in [3.63, 3.8) is 0 Å². The van der Waals surface area contributed by atoms with Crippen LogP contribution in [-0.4, -0.2) is 11.1 Å². The van der Waals surface area contributed by atoms with Crippen molar-refractivity contribution in [2.45, 2.75) is 0 Å². The number of rotatable bonds is 1. The van der Waals surface area contributed by atoms with Crippen LogP contribution in [-0.2, 0) is 0 Å². The zero-order chi connectivity index (χ0) is 9.42. The number of anilines is 1. The monoisotopic (exact) mass is 193 g/mol. The van der Waals surface area contributed by atoms with Crippen LogP contribution in [0.15, 0.2) is 23.6 Å². The minimum absolute atomic E-state index is 0.276. The average molecular weight is 193 g/mol. The van der Waals surface area contributed by atoms with E-state index in [0.717, 1.165) is 10.1 Å². The molecule has 2 rings (SSSR count). The Morgan fingerprint density at radius 1 is 1.46 bits per heavy atom. The van der Waals surface area contributed by atoms with Gasteiger partial charge in [-0.1, -0.05) is 0 Å². The molecule has 4 heteroatoms. The molecule has 13 heavy (non-hydrogen) atoms. The van der Waals surface area contributed by atoms with Crippen LogP contribution in [0.5, 0.6) is 0 Å². The number of carbonyl (C=O) groups is 1. The summed E-state index contributed by atoms with van der Waals surface area (Å²) in [6.07, 6.45) is 0. The molecule has 0 unspecified atom stereocenters. The van der Waals surface area contributed by atoms with Gasteiger partial charge >= 0.3 is 5.97 Å². The molecular formula is C9H7NO2S. The summed E-state index contributed by atoms with van der Waals surface area (Å²) in [5.74, 6) is -0.924. The Hall–Kier alpha value is -1.55. The second kappa shape index (κ2) is 2.74. The lowest BCUT2D eigenvalue weighted by atomic mass is 10.1. The normalized spacial score (nSPS) is 10.5. The lowest BCUT2D eigenvalue weighted by Gasteiger charge is -1.94. The van der Waals surface area contributed by atoms with Crippen molar-refractivity contribution in [1.29, 1.82) is 0 Å². The SMILES string of the molecule is Nc1csc2ccc(C(=O)O)cc12. The standard InChI is InChI=1S/C9H7NO2S/c10-7-4-13-8-2-1-5(9(11)12)3-6(7)8/h1-4H,10H2,(H,11,12). The number of thiophene rings is 1. The van der Waals surface area contributed by atoms with Gasteiger partial charge in [0.25, 0.3) is 0 Å². The van der Waals surface area contributed by atoms with Crippen LogP contribution in [0.25, 0.3) is 10.1 Å². The molecule has 1 heterocycles. The fourth-order valence-corrected chi connectivity index (χ4v) is 2.01. The quantitative estimate of drug-likeness (QED) is 0.729. The maximum atomic E-state index is 10.6. The predicted molar refractivity (Wildman–Crippen MR) is 53.2 cm³/mol. The number of fused-ring (bicyclic) bond motifs is 1. The van der Waals surface area contributed by atoms with Gasteiger partial charge in [0.15, 0.2) is 0 Å². The fourth-order valence-electron chi connectivity index (χ4n) is 1.18. The summed E-state index contributed by atoms with van der Waals surface area (Å²) in [4.78, 5) is 10.6. The van der Waals surface area contributed by atoms with Crippen molar-refractivity contribution < 1.29 is 9.90 Å². The van der Waals surface area contributed by atoms with E-state index < -0.39 is 5.97 Å². The Balaban J connectivity index is 2.72. The summed E-state index contributed by atoms with van der Waals surface area (Å²) in [6.45, 7) is 0. The first-order valence-electron chi connectivity index (χ1n) is 3.68. The molecule has 0 saturated heterocycles. The molecular weight excluding hydrogens is 186 g/mol.